The minimum absolute atomic E-state index is 0.252. The van der Waals surface area contributed by atoms with Gasteiger partial charge in [-0.15, -0.1) is 11.3 Å². The molecule has 1 aromatic heterocycles. The topological polar surface area (TPSA) is 58.6 Å². The van der Waals surface area contributed by atoms with E-state index in [0.717, 1.165) is 4.88 Å². The van der Waals surface area contributed by atoms with Crippen molar-refractivity contribution in [2.75, 3.05) is 13.7 Å². The number of esters is 1. The van der Waals surface area contributed by atoms with Crippen LogP contribution in [0, 0.1) is 0 Å². The van der Waals surface area contributed by atoms with Crippen molar-refractivity contribution in [2.45, 2.75) is 12.6 Å². The number of aliphatic hydroxyl groups is 1. The summed E-state index contributed by atoms with van der Waals surface area (Å²) < 4.78 is 4.52. The van der Waals surface area contributed by atoms with Crippen LogP contribution < -0.4 is 5.32 Å². The van der Waals surface area contributed by atoms with E-state index in [1.54, 1.807) is 11.3 Å². The zero-order valence-corrected chi connectivity index (χ0v) is 8.71. The Morgan fingerprint density at radius 3 is 3.07 bits per heavy atom. The molecule has 0 radical (unpaired) electrons. The number of hydrogen-bond donors (Lipinski definition) is 2. The van der Waals surface area contributed by atoms with Crippen molar-refractivity contribution in [3.63, 3.8) is 0 Å². The highest BCUT2D eigenvalue weighted by atomic mass is 32.1. The number of nitrogens with one attached hydrogen (secondary N) is 1. The molecule has 1 aromatic rings. The second kappa shape index (κ2) is 5.74. The van der Waals surface area contributed by atoms with E-state index in [4.69, 9.17) is 5.11 Å². The van der Waals surface area contributed by atoms with Gasteiger partial charge in [-0.1, -0.05) is 6.07 Å². The highest BCUT2D eigenvalue weighted by Crippen LogP contribution is 2.07. The van der Waals surface area contributed by atoms with Gasteiger partial charge < -0.3 is 9.84 Å². The molecule has 5 heteroatoms. The minimum atomic E-state index is -0.637. The van der Waals surface area contributed by atoms with Crippen LogP contribution in [0.3, 0.4) is 0 Å². The van der Waals surface area contributed by atoms with Crippen LogP contribution in [-0.4, -0.2) is 30.8 Å². The molecule has 4 nitrogen and oxygen atoms in total. The Kier molecular flexibility index (Phi) is 4.58. The average Bonchev–Trinajstić information content (AvgIpc) is 2.71. The molecular formula is C9H13NO3S. The van der Waals surface area contributed by atoms with Crippen LogP contribution in [0.15, 0.2) is 17.5 Å². The fraction of sp³-hybridized carbons (Fsp3) is 0.444. The molecule has 0 aliphatic carbocycles. The van der Waals surface area contributed by atoms with Gasteiger partial charge in [0.15, 0.2) is 0 Å². The van der Waals surface area contributed by atoms with Gasteiger partial charge in [0.2, 0.25) is 0 Å². The minimum Gasteiger partial charge on any atom is -0.468 e. The quantitative estimate of drug-likeness (QED) is 0.697. The number of methoxy groups -OCH3 is 1. The second-order valence-electron chi connectivity index (χ2n) is 2.72. The molecule has 0 saturated heterocycles. The summed E-state index contributed by atoms with van der Waals surface area (Å²) in [6, 6.07) is 3.26. The predicted molar refractivity (Wildman–Crippen MR) is 54.0 cm³/mol. The largest absolute Gasteiger partial charge is 0.468 e. The lowest BCUT2D eigenvalue weighted by atomic mass is 10.3. The molecule has 0 aliphatic heterocycles. The fourth-order valence-corrected chi connectivity index (χ4v) is 1.66. The number of hydrogen-bond acceptors (Lipinski definition) is 5. The molecule has 14 heavy (non-hydrogen) atoms. The van der Waals surface area contributed by atoms with E-state index in [1.807, 2.05) is 17.5 Å². The Bertz CT molecular complexity index is 274. The Labute approximate surface area is 86.5 Å². The SMILES string of the molecule is COC(=O)C(CO)NCc1cccs1. The molecular weight excluding hydrogens is 202 g/mol. The number of carbonyl (C=O) groups is 1. The Balaban J connectivity index is 2.38. The maximum atomic E-state index is 11.1. The van der Waals surface area contributed by atoms with Gasteiger partial charge in [-0.3, -0.25) is 10.1 Å². The summed E-state index contributed by atoms with van der Waals surface area (Å²) in [6.07, 6.45) is 0. The van der Waals surface area contributed by atoms with Crippen LogP contribution in [-0.2, 0) is 16.1 Å². The first-order chi connectivity index (χ1) is 6.77. The first-order valence-corrected chi connectivity index (χ1v) is 5.10. The zero-order valence-electron chi connectivity index (χ0n) is 7.90. The van der Waals surface area contributed by atoms with Crippen LogP contribution in [0.1, 0.15) is 4.88 Å². The van der Waals surface area contributed by atoms with Gasteiger partial charge in [0.1, 0.15) is 6.04 Å². The maximum absolute atomic E-state index is 11.1. The van der Waals surface area contributed by atoms with Gasteiger partial charge >= 0.3 is 5.97 Å². The lowest BCUT2D eigenvalue weighted by Gasteiger charge is -2.12. The third kappa shape index (κ3) is 3.10. The summed E-state index contributed by atoms with van der Waals surface area (Å²) >= 11 is 1.60. The Hall–Kier alpha value is -0.910. The molecule has 1 unspecified atom stereocenters. The van der Waals surface area contributed by atoms with E-state index < -0.39 is 12.0 Å². The normalized spacial score (nSPS) is 12.4. The summed E-state index contributed by atoms with van der Waals surface area (Å²) in [5, 5.41) is 13.8. The monoisotopic (exact) mass is 215 g/mol. The van der Waals surface area contributed by atoms with Crippen LogP contribution in [0.25, 0.3) is 0 Å². The summed E-state index contributed by atoms with van der Waals surface area (Å²) in [6.45, 7) is 0.316. The summed E-state index contributed by atoms with van der Waals surface area (Å²) in [4.78, 5) is 12.2. The third-order valence-electron chi connectivity index (χ3n) is 1.77. The van der Waals surface area contributed by atoms with Gasteiger partial charge in [-0.05, 0) is 11.4 Å². The molecule has 0 aromatic carbocycles. The van der Waals surface area contributed by atoms with Crippen molar-refractivity contribution in [1.82, 2.24) is 5.32 Å². The molecule has 1 heterocycles. The van der Waals surface area contributed by atoms with Crippen molar-refractivity contribution in [1.29, 1.82) is 0 Å². The Morgan fingerprint density at radius 1 is 1.79 bits per heavy atom. The van der Waals surface area contributed by atoms with Gasteiger partial charge in [0.25, 0.3) is 0 Å². The summed E-state index contributed by atoms with van der Waals surface area (Å²) in [5.74, 6) is -0.441. The van der Waals surface area contributed by atoms with Crippen LogP contribution in [0.5, 0.6) is 0 Å². The molecule has 1 rings (SSSR count). The van der Waals surface area contributed by atoms with E-state index in [0.29, 0.717) is 6.54 Å². The molecule has 0 aliphatic rings. The molecule has 0 saturated carbocycles. The summed E-state index contributed by atoms with van der Waals surface area (Å²) in [7, 11) is 1.30. The van der Waals surface area contributed by atoms with Gasteiger partial charge in [0.05, 0.1) is 13.7 Å². The van der Waals surface area contributed by atoms with Crippen molar-refractivity contribution in [3.8, 4) is 0 Å². The van der Waals surface area contributed by atoms with Crippen molar-refractivity contribution in [2.24, 2.45) is 0 Å². The molecule has 0 spiro atoms. The van der Waals surface area contributed by atoms with E-state index in [9.17, 15) is 4.79 Å². The standard InChI is InChI=1S/C9H13NO3S/c1-13-9(12)8(6-11)10-5-7-3-2-4-14-7/h2-4,8,10-11H,5-6H2,1H3. The zero-order chi connectivity index (χ0) is 10.4. The number of aliphatic hydroxyl groups excluding tert-OH is 1. The van der Waals surface area contributed by atoms with Crippen LogP contribution in [0.4, 0.5) is 0 Å². The van der Waals surface area contributed by atoms with Gasteiger partial charge in [-0.25, -0.2) is 0 Å². The van der Waals surface area contributed by atoms with Crippen LogP contribution >= 0.6 is 11.3 Å². The highest BCUT2D eigenvalue weighted by Gasteiger charge is 2.16. The first-order valence-electron chi connectivity index (χ1n) is 4.22. The van der Waals surface area contributed by atoms with Crippen molar-refractivity contribution in [3.05, 3.63) is 22.4 Å². The van der Waals surface area contributed by atoms with Crippen molar-refractivity contribution >= 4 is 17.3 Å². The lowest BCUT2D eigenvalue weighted by Crippen LogP contribution is -2.39. The van der Waals surface area contributed by atoms with Crippen LogP contribution in [0.2, 0.25) is 0 Å². The van der Waals surface area contributed by atoms with Gasteiger partial charge in [0, 0.05) is 11.4 Å². The van der Waals surface area contributed by atoms with E-state index >= 15 is 0 Å². The number of thiophene rings is 1. The molecule has 1 atom stereocenters. The molecule has 2 N–H and O–H groups in total. The Morgan fingerprint density at radius 2 is 2.57 bits per heavy atom. The highest BCUT2D eigenvalue weighted by molar-refractivity contribution is 7.09. The predicted octanol–water partition coefficient (Wildman–Crippen LogP) is 0.372. The van der Waals surface area contributed by atoms with Gasteiger partial charge in [-0.2, -0.15) is 0 Å². The van der Waals surface area contributed by atoms with Crippen molar-refractivity contribution < 1.29 is 14.6 Å². The summed E-state index contributed by atoms with van der Waals surface area (Å²) in [5.41, 5.74) is 0. The first kappa shape index (κ1) is 11.2. The van der Waals surface area contributed by atoms with E-state index in [2.05, 4.69) is 10.1 Å². The lowest BCUT2D eigenvalue weighted by molar-refractivity contribution is -0.144. The average molecular weight is 215 g/mol. The molecule has 78 valence electrons. The number of ether oxygens (including phenoxy) is 1. The number of carbonyl (C=O) groups excluding carboxylic acids is 1. The molecule has 0 bridgehead atoms. The molecule has 0 fully saturated rings. The molecule has 0 amide bonds. The number of rotatable bonds is 5. The maximum Gasteiger partial charge on any atom is 0.325 e. The third-order valence-corrected chi connectivity index (χ3v) is 2.65. The fourth-order valence-electron chi connectivity index (χ4n) is 1.00. The second-order valence-corrected chi connectivity index (χ2v) is 3.75. The smallest absolute Gasteiger partial charge is 0.325 e. The van der Waals surface area contributed by atoms with E-state index in [1.165, 1.54) is 7.11 Å². The van der Waals surface area contributed by atoms with E-state index in [-0.39, 0.29) is 6.61 Å².